The number of hydrogen-bond donors (Lipinski definition) is 0. The Balaban J connectivity index is 2.14. The zero-order chi connectivity index (χ0) is 17.9. The Bertz CT molecular complexity index is 1090. The molecular weight excluding hydrogens is 388 g/mol. The van der Waals surface area contributed by atoms with E-state index in [1.165, 1.54) is 0 Å². The predicted molar refractivity (Wildman–Crippen MR) is 109 cm³/mol. The molecule has 4 rings (SSSR count). The van der Waals surface area contributed by atoms with Gasteiger partial charge in [0.05, 0.1) is 0 Å². The molecule has 0 radical (unpaired) electrons. The molecule has 1 aromatic heterocycles. The minimum Gasteiger partial charge on any atom is -0.421 e. The molecule has 126 valence electrons. The minimum absolute atomic E-state index is 0.387. The van der Waals surface area contributed by atoms with Gasteiger partial charge in [-0.1, -0.05) is 91.0 Å². The van der Waals surface area contributed by atoms with Crippen LogP contribution in [-0.2, 0) is 0 Å². The van der Waals surface area contributed by atoms with E-state index in [-0.39, 0.29) is 5.63 Å². The molecule has 0 N–H and O–H groups in total. The summed E-state index contributed by atoms with van der Waals surface area (Å²) in [5, 5.41) is 0. The molecule has 0 amide bonds. The number of rotatable bonds is 3. The van der Waals surface area contributed by atoms with E-state index in [1.807, 2.05) is 91.0 Å². The highest BCUT2D eigenvalue weighted by Crippen LogP contribution is 2.42. The number of hydrogen-bond acceptors (Lipinski definition) is 2. The van der Waals surface area contributed by atoms with Crippen molar-refractivity contribution < 1.29 is 4.42 Å². The Labute approximate surface area is 159 Å². The van der Waals surface area contributed by atoms with Gasteiger partial charge in [-0.2, -0.15) is 0 Å². The number of halogens is 1. The SMILES string of the molecule is O=c1oc(-c2ccccc2)c(-c2ccccc2)c(-c2ccccc2)c1Br. The molecule has 0 aliphatic heterocycles. The van der Waals surface area contributed by atoms with Gasteiger partial charge in [0.15, 0.2) is 0 Å². The van der Waals surface area contributed by atoms with Gasteiger partial charge in [0.1, 0.15) is 10.2 Å². The lowest BCUT2D eigenvalue weighted by atomic mass is 9.92. The Morgan fingerprint density at radius 3 is 1.50 bits per heavy atom. The molecule has 0 unspecified atom stereocenters. The van der Waals surface area contributed by atoms with Crippen molar-refractivity contribution in [2.45, 2.75) is 0 Å². The molecule has 0 saturated heterocycles. The van der Waals surface area contributed by atoms with Gasteiger partial charge in [0, 0.05) is 16.7 Å². The van der Waals surface area contributed by atoms with E-state index in [9.17, 15) is 4.79 Å². The Morgan fingerprint density at radius 2 is 1.00 bits per heavy atom. The quantitative estimate of drug-likeness (QED) is 0.396. The molecular formula is C23H15BrO2. The fourth-order valence-corrected chi connectivity index (χ4v) is 3.57. The summed E-state index contributed by atoms with van der Waals surface area (Å²) in [4.78, 5) is 12.6. The van der Waals surface area contributed by atoms with Crippen LogP contribution in [0.4, 0.5) is 0 Å². The first-order valence-corrected chi connectivity index (χ1v) is 9.08. The van der Waals surface area contributed by atoms with Crippen molar-refractivity contribution in [1.82, 2.24) is 0 Å². The fraction of sp³-hybridized carbons (Fsp3) is 0. The molecule has 26 heavy (non-hydrogen) atoms. The summed E-state index contributed by atoms with van der Waals surface area (Å²) in [7, 11) is 0. The lowest BCUT2D eigenvalue weighted by molar-refractivity contribution is 0.524. The second-order valence-corrected chi connectivity index (χ2v) is 6.67. The lowest BCUT2D eigenvalue weighted by Crippen LogP contribution is -2.05. The van der Waals surface area contributed by atoms with E-state index in [1.54, 1.807) is 0 Å². The van der Waals surface area contributed by atoms with Crippen molar-refractivity contribution in [3.8, 4) is 33.6 Å². The van der Waals surface area contributed by atoms with Crippen molar-refractivity contribution >= 4 is 15.9 Å². The topological polar surface area (TPSA) is 30.2 Å². The minimum atomic E-state index is -0.387. The Hall–Kier alpha value is -2.91. The van der Waals surface area contributed by atoms with Gasteiger partial charge in [-0.15, -0.1) is 0 Å². The first-order chi connectivity index (χ1) is 12.8. The summed E-state index contributed by atoms with van der Waals surface area (Å²) in [6.45, 7) is 0. The Morgan fingerprint density at radius 1 is 0.577 bits per heavy atom. The third-order valence-electron chi connectivity index (χ3n) is 4.23. The van der Waals surface area contributed by atoms with E-state index < -0.39 is 0 Å². The van der Waals surface area contributed by atoms with Gasteiger partial charge in [-0.25, -0.2) is 4.79 Å². The first kappa shape index (κ1) is 16.6. The van der Waals surface area contributed by atoms with Crippen LogP contribution in [0.25, 0.3) is 33.6 Å². The van der Waals surface area contributed by atoms with Crippen LogP contribution in [0.5, 0.6) is 0 Å². The fourth-order valence-electron chi connectivity index (χ4n) is 3.06. The second kappa shape index (κ2) is 7.14. The highest BCUT2D eigenvalue weighted by atomic mass is 79.9. The normalized spacial score (nSPS) is 10.7. The zero-order valence-corrected chi connectivity index (χ0v) is 15.4. The third kappa shape index (κ3) is 3.02. The van der Waals surface area contributed by atoms with Gasteiger partial charge in [0.2, 0.25) is 0 Å². The molecule has 0 bridgehead atoms. The van der Waals surface area contributed by atoms with E-state index in [4.69, 9.17) is 4.42 Å². The maximum Gasteiger partial charge on any atom is 0.351 e. The van der Waals surface area contributed by atoms with Crippen LogP contribution in [0.2, 0.25) is 0 Å². The first-order valence-electron chi connectivity index (χ1n) is 8.28. The average molecular weight is 403 g/mol. The summed E-state index contributed by atoms with van der Waals surface area (Å²) in [5.74, 6) is 0.573. The summed E-state index contributed by atoms with van der Waals surface area (Å²) < 4.78 is 6.17. The van der Waals surface area contributed by atoms with Crippen LogP contribution in [0.3, 0.4) is 0 Å². The van der Waals surface area contributed by atoms with Crippen LogP contribution in [-0.4, -0.2) is 0 Å². The highest BCUT2D eigenvalue weighted by Gasteiger charge is 2.21. The van der Waals surface area contributed by atoms with Crippen LogP contribution in [0.1, 0.15) is 0 Å². The summed E-state index contributed by atoms with van der Waals surface area (Å²) in [6, 6.07) is 29.6. The van der Waals surface area contributed by atoms with Crippen molar-refractivity contribution in [1.29, 1.82) is 0 Å². The van der Waals surface area contributed by atoms with E-state index in [2.05, 4.69) is 15.9 Å². The zero-order valence-electron chi connectivity index (χ0n) is 13.9. The van der Waals surface area contributed by atoms with Crippen molar-refractivity contribution in [2.24, 2.45) is 0 Å². The largest absolute Gasteiger partial charge is 0.421 e. The monoisotopic (exact) mass is 402 g/mol. The molecule has 2 nitrogen and oxygen atoms in total. The summed E-state index contributed by atoms with van der Waals surface area (Å²) in [6.07, 6.45) is 0. The molecule has 4 aromatic rings. The van der Waals surface area contributed by atoms with Crippen LogP contribution >= 0.6 is 15.9 Å². The van der Waals surface area contributed by atoms with Gasteiger partial charge in [0.25, 0.3) is 0 Å². The number of benzene rings is 3. The molecule has 0 spiro atoms. The molecule has 1 heterocycles. The molecule has 0 atom stereocenters. The van der Waals surface area contributed by atoms with E-state index in [0.29, 0.717) is 10.2 Å². The summed E-state index contributed by atoms with van der Waals surface area (Å²) in [5.41, 5.74) is 4.18. The maximum absolute atomic E-state index is 12.6. The maximum atomic E-state index is 12.6. The molecule has 0 aliphatic rings. The second-order valence-electron chi connectivity index (χ2n) is 5.88. The van der Waals surface area contributed by atoms with Gasteiger partial charge in [-0.05, 0) is 27.1 Å². The van der Waals surface area contributed by atoms with Crippen LogP contribution in [0.15, 0.2) is 105 Å². The van der Waals surface area contributed by atoms with Gasteiger partial charge in [-0.3, -0.25) is 0 Å². The molecule has 0 fully saturated rings. The third-order valence-corrected chi connectivity index (χ3v) is 4.95. The van der Waals surface area contributed by atoms with E-state index in [0.717, 1.165) is 27.8 Å². The molecule has 0 saturated carbocycles. The summed E-state index contributed by atoms with van der Waals surface area (Å²) >= 11 is 3.47. The smallest absolute Gasteiger partial charge is 0.351 e. The van der Waals surface area contributed by atoms with Crippen molar-refractivity contribution in [3.63, 3.8) is 0 Å². The average Bonchev–Trinajstić information content (AvgIpc) is 2.71. The van der Waals surface area contributed by atoms with Crippen LogP contribution in [0, 0.1) is 0 Å². The van der Waals surface area contributed by atoms with Gasteiger partial charge >= 0.3 is 5.63 Å². The standard InChI is InChI=1S/C23H15BrO2/c24-21-19(16-10-4-1-5-11-16)20(17-12-6-2-7-13-17)22(26-23(21)25)18-14-8-3-9-15-18/h1-15H. The van der Waals surface area contributed by atoms with Gasteiger partial charge < -0.3 is 4.42 Å². The molecule has 0 aliphatic carbocycles. The Kier molecular flexibility index (Phi) is 4.55. The highest BCUT2D eigenvalue weighted by molar-refractivity contribution is 9.10. The lowest BCUT2D eigenvalue weighted by Gasteiger charge is -2.16. The van der Waals surface area contributed by atoms with Crippen molar-refractivity contribution in [3.05, 3.63) is 106 Å². The molecule has 3 aromatic carbocycles. The predicted octanol–water partition coefficient (Wildman–Crippen LogP) is 6.40. The molecule has 3 heteroatoms. The van der Waals surface area contributed by atoms with Crippen LogP contribution < -0.4 is 5.63 Å². The van der Waals surface area contributed by atoms with Crippen molar-refractivity contribution in [2.75, 3.05) is 0 Å². The van der Waals surface area contributed by atoms with E-state index >= 15 is 0 Å².